The molecule has 2 fully saturated rings. The molecule has 14 nitrogen and oxygen atoms in total. The highest BCUT2D eigenvalue weighted by Gasteiger charge is 2.29. The van der Waals surface area contributed by atoms with Crippen molar-refractivity contribution in [3.8, 4) is 0 Å². The maximum atomic E-state index is 9.77. The summed E-state index contributed by atoms with van der Waals surface area (Å²) in [6, 6.07) is 0. The molecule has 2 aliphatic heterocycles. The van der Waals surface area contributed by atoms with Crippen molar-refractivity contribution >= 4 is 34.6 Å². The van der Waals surface area contributed by atoms with Gasteiger partial charge in [-0.05, 0) is 19.9 Å². The molecule has 0 atom stereocenters. The van der Waals surface area contributed by atoms with Gasteiger partial charge >= 0.3 is 0 Å². The molecular formula is C27H47N9O5. The van der Waals surface area contributed by atoms with Gasteiger partial charge in [0.15, 0.2) is 11.6 Å². The number of anilines is 4. The second kappa shape index (κ2) is 15.6. The Kier molecular flexibility index (Phi) is 11.9. The highest BCUT2D eigenvalue weighted by molar-refractivity contribution is 5.95. The van der Waals surface area contributed by atoms with Crippen molar-refractivity contribution in [2.75, 3.05) is 140 Å². The molecular weight excluding hydrogens is 530 g/mol. The molecule has 2 N–H and O–H groups in total. The van der Waals surface area contributed by atoms with Crippen molar-refractivity contribution in [1.29, 1.82) is 0 Å². The van der Waals surface area contributed by atoms with E-state index in [1.54, 1.807) is 21.3 Å². The zero-order valence-electron chi connectivity index (χ0n) is 25.0. The average Bonchev–Trinajstić information content (AvgIpc) is 3.00. The topological polar surface area (TPSA) is 136 Å². The van der Waals surface area contributed by atoms with Crippen LogP contribution in [0.25, 0.3) is 11.0 Å². The van der Waals surface area contributed by atoms with E-state index in [4.69, 9.17) is 34.1 Å². The first-order valence-electron chi connectivity index (χ1n) is 14.5. The van der Waals surface area contributed by atoms with Gasteiger partial charge in [-0.25, -0.2) is 9.97 Å². The molecule has 0 aliphatic carbocycles. The Balaban J connectivity index is 1.91. The number of ether oxygens (including phenoxy) is 3. The predicted octanol–water partition coefficient (Wildman–Crippen LogP) is -0.323. The molecule has 2 aromatic rings. The van der Waals surface area contributed by atoms with E-state index in [0.717, 1.165) is 63.7 Å². The van der Waals surface area contributed by atoms with Crippen LogP contribution in [0, 0.1) is 0 Å². The Labute approximate surface area is 242 Å². The summed E-state index contributed by atoms with van der Waals surface area (Å²) in [4.78, 5) is 31.0. The zero-order chi connectivity index (χ0) is 29.2. The highest BCUT2D eigenvalue weighted by atomic mass is 16.5. The molecule has 0 spiro atoms. The summed E-state index contributed by atoms with van der Waals surface area (Å²) in [5.74, 6) is 2.54. The monoisotopic (exact) mass is 577 g/mol. The van der Waals surface area contributed by atoms with Gasteiger partial charge in [-0.2, -0.15) is 9.97 Å². The summed E-state index contributed by atoms with van der Waals surface area (Å²) in [6.07, 6.45) is 1.99. The molecule has 0 saturated carbocycles. The van der Waals surface area contributed by atoms with Crippen LogP contribution in [0.2, 0.25) is 0 Å². The summed E-state index contributed by atoms with van der Waals surface area (Å²) in [6.45, 7) is 7.70. The molecule has 2 aromatic heterocycles. The quantitative estimate of drug-likeness (QED) is 0.286. The number of aliphatic hydroxyl groups excluding tert-OH is 2. The Morgan fingerprint density at radius 1 is 0.683 bits per heavy atom. The van der Waals surface area contributed by atoms with Crippen molar-refractivity contribution in [1.82, 2.24) is 24.8 Å². The third-order valence-corrected chi connectivity index (χ3v) is 7.80. The fourth-order valence-electron chi connectivity index (χ4n) is 5.28. The highest BCUT2D eigenvalue weighted by Crippen LogP contribution is 2.34. The van der Waals surface area contributed by atoms with Gasteiger partial charge < -0.3 is 48.9 Å². The van der Waals surface area contributed by atoms with Gasteiger partial charge in [0.25, 0.3) is 0 Å². The minimum Gasteiger partial charge on any atom is -0.395 e. The van der Waals surface area contributed by atoms with Gasteiger partial charge in [0.1, 0.15) is 11.0 Å². The average molecular weight is 578 g/mol. The number of likely N-dealkylation sites (N-methyl/N-ethyl adjacent to an activating group) is 1. The Bertz CT molecular complexity index is 1070. The second-order valence-electron chi connectivity index (χ2n) is 10.5. The third kappa shape index (κ3) is 7.81. The van der Waals surface area contributed by atoms with Crippen LogP contribution in [0.4, 0.5) is 23.5 Å². The Hall–Kier alpha value is -2.62. The molecule has 2 aliphatic rings. The first-order valence-corrected chi connectivity index (χ1v) is 14.5. The van der Waals surface area contributed by atoms with Crippen LogP contribution in [0.5, 0.6) is 0 Å². The normalized spacial score (nSPS) is 17.0. The third-order valence-electron chi connectivity index (χ3n) is 7.80. The molecule has 2 saturated heterocycles. The summed E-state index contributed by atoms with van der Waals surface area (Å²) < 4.78 is 16.4. The van der Waals surface area contributed by atoms with Crippen LogP contribution >= 0.6 is 0 Å². The largest absolute Gasteiger partial charge is 0.395 e. The van der Waals surface area contributed by atoms with E-state index in [-0.39, 0.29) is 19.3 Å². The Morgan fingerprint density at radius 2 is 1.15 bits per heavy atom. The van der Waals surface area contributed by atoms with E-state index in [2.05, 4.69) is 26.6 Å². The maximum absolute atomic E-state index is 9.77. The zero-order valence-corrected chi connectivity index (χ0v) is 25.0. The molecule has 0 amide bonds. The number of piperazine rings is 1. The summed E-state index contributed by atoms with van der Waals surface area (Å²) in [5.41, 5.74) is 1.36. The van der Waals surface area contributed by atoms with Crippen LogP contribution in [0.3, 0.4) is 0 Å². The van der Waals surface area contributed by atoms with Gasteiger partial charge in [0.05, 0.1) is 32.5 Å². The van der Waals surface area contributed by atoms with Crippen molar-refractivity contribution in [3.05, 3.63) is 0 Å². The summed E-state index contributed by atoms with van der Waals surface area (Å²) >= 11 is 0. The van der Waals surface area contributed by atoms with Crippen molar-refractivity contribution in [2.24, 2.45) is 0 Å². The lowest BCUT2D eigenvalue weighted by molar-refractivity contribution is 0.0818. The van der Waals surface area contributed by atoms with E-state index in [9.17, 15) is 10.2 Å². The molecule has 14 heteroatoms. The number of hydrogen-bond donors (Lipinski definition) is 2. The lowest BCUT2D eigenvalue weighted by Gasteiger charge is -2.35. The summed E-state index contributed by atoms with van der Waals surface area (Å²) in [5, 5.41) is 19.5. The van der Waals surface area contributed by atoms with E-state index in [0.29, 0.717) is 62.3 Å². The minimum atomic E-state index is -0.0774. The van der Waals surface area contributed by atoms with E-state index >= 15 is 0 Å². The van der Waals surface area contributed by atoms with E-state index in [1.807, 2.05) is 4.90 Å². The molecule has 0 bridgehead atoms. The number of fused-ring (bicyclic) bond motifs is 1. The molecule has 0 unspecified atom stereocenters. The van der Waals surface area contributed by atoms with Gasteiger partial charge in [-0.3, -0.25) is 0 Å². The second-order valence-corrected chi connectivity index (χ2v) is 10.5. The number of aliphatic hydroxyl groups is 2. The lowest BCUT2D eigenvalue weighted by atomic mass is 10.1. The first kappa shape index (κ1) is 31.3. The number of piperidine rings is 1. The molecule has 41 heavy (non-hydrogen) atoms. The van der Waals surface area contributed by atoms with E-state index in [1.165, 1.54) is 0 Å². The lowest BCUT2D eigenvalue weighted by Crippen LogP contribution is -2.45. The summed E-state index contributed by atoms with van der Waals surface area (Å²) in [7, 11) is 7.26. The smallest absolute Gasteiger partial charge is 0.228 e. The number of aromatic nitrogens is 4. The van der Waals surface area contributed by atoms with Crippen molar-refractivity contribution < 1.29 is 24.4 Å². The van der Waals surface area contributed by atoms with Crippen molar-refractivity contribution in [3.63, 3.8) is 0 Å². The van der Waals surface area contributed by atoms with Gasteiger partial charge in [-0.15, -0.1) is 0 Å². The molecule has 0 radical (unpaired) electrons. The SMILES string of the molecule is COCCN(CCOC)c1nc(N2CCC(OC)CC2)c2nc(N(CCO)CCO)nc(N3CCN(C)CC3)c2n1. The standard InChI is InChI=1S/C27H47N9O5/c1-32-9-11-34(12-10-32)25-23-22(28-26(31-25)35(13-17-37)14-18-38)24(33-7-5-21(41-4)6-8-33)30-27(29-23)36(15-19-39-2)16-20-40-3/h21,37-38H,5-20H2,1-4H3. The number of rotatable bonds is 15. The number of methoxy groups -OCH3 is 3. The molecule has 4 rings (SSSR count). The fraction of sp³-hybridized carbons (Fsp3) is 0.778. The van der Waals surface area contributed by atoms with Crippen LogP contribution in [-0.4, -0.2) is 161 Å². The molecule has 4 heterocycles. The fourth-order valence-corrected chi connectivity index (χ4v) is 5.28. The van der Waals surface area contributed by atoms with Crippen LogP contribution in [0.15, 0.2) is 0 Å². The van der Waals surface area contributed by atoms with Gasteiger partial charge in [0, 0.05) is 86.8 Å². The first-order chi connectivity index (χ1) is 20.0. The predicted molar refractivity (Wildman–Crippen MR) is 159 cm³/mol. The number of nitrogens with zero attached hydrogens (tertiary/aromatic N) is 9. The number of hydrogen-bond acceptors (Lipinski definition) is 14. The molecule has 230 valence electrons. The Morgan fingerprint density at radius 3 is 1.59 bits per heavy atom. The van der Waals surface area contributed by atoms with E-state index < -0.39 is 0 Å². The van der Waals surface area contributed by atoms with Crippen LogP contribution in [0.1, 0.15) is 12.8 Å². The van der Waals surface area contributed by atoms with Gasteiger partial charge in [0.2, 0.25) is 11.9 Å². The van der Waals surface area contributed by atoms with Crippen molar-refractivity contribution in [2.45, 2.75) is 18.9 Å². The molecule has 0 aromatic carbocycles. The van der Waals surface area contributed by atoms with Crippen LogP contribution in [-0.2, 0) is 14.2 Å². The maximum Gasteiger partial charge on any atom is 0.228 e. The minimum absolute atomic E-state index is 0.0774. The van der Waals surface area contributed by atoms with Gasteiger partial charge in [-0.1, -0.05) is 0 Å². The van der Waals surface area contributed by atoms with Crippen LogP contribution < -0.4 is 19.6 Å².